The predicted octanol–water partition coefficient (Wildman–Crippen LogP) is 2.14. The zero-order chi connectivity index (χ0) is 13.1. The SMILES string of the molecule is O=C(O)c1cccc(-c2cccnc2C(=O)O)c1. The minimum atomic E-state index is -1.15. The first-order valence-electron chi connectivity index (χ1n) is 5.11. The number of hydrogen-bond acceptors (Lipinski definition) is 3. The summed E-state index contributed by atoms with van der Waals surface area (Å²) in [5.74, 6) is -2.20. The van der Waals surface area contributed by atoms with Crippen LogP contribution in [0.4, 0.5) is 0 Å². The molecule has 90 valence electrons. The van der Waals surface area contributed by atoms with Gasteiger partial charge in [0.15, 0.2) is 5.69 Å². The van der Waals surface area contributed by atoms with Crippen molar-refractivity contribution in [2.75, 3.05) is 0 Å². The molecule has 0 saturated carbocycles. The number of aromatic carboxylic acids is 2. The van der Waals surface area contributed by atoms with Crippen LogP contribution in [0.2, 0.25) is 0 Å². The van der Waals surface area contributed by atoms with Crippen LogP contribution in [0.15, 0.2) is 42.6 Å². The third-order valence-corrected chi connectivity index (χ3v) is 2.43. The summed E-state index contributed by atoms with van der Waals surface area (Å²) in [6.45, 7) is 0. The Kier molecular flexibility index (Phi) is 3.05. The van der Waals surface area contributed by atoms with Gasteiger partial charge in [-0.1, -0.05) is 18.2 Å². The van der Waals surface area contributed by atoms with E-state index in [1.165, 1.54) is 18.3 Å². The van der Waals surface area contributed by atoms with Crippen molar-refractivity contribution in [3.8, 4) is 11.1 Å². The molecule has 0 fully saturated rings. The van der Waals surface area contributed by atoms with Crippen molar-refractivity contribution in [3.63, 3.8) is 0 Å². The number of hydrogen-bond donors (Lipinski definition) is 2. The summed E-state index contributed by atoms with van der Waals surface area (Å²) in [4.78, 5) is 25.7. The molecule has 0 saturated heterocycles. The molecule has 0 aliphatic heterocycles. The standard InChI is InChI=1S/C13H9NO4/c15-12(16)9-4-1-3-8(7-9)10-5-2-6-14-11(10)13(17)18/h1-7H,(H,15,16)(H,17,18). The van der Waals surface area contributed by atoms with E-state index in [0.717, 1.165) is 0 Å². The topological polar surface area (TPSA) is 87.5 Å². The lowest BCUT2D eigenvalue weighted by Crippen LogP contribution is -2.03. The van der Waals surface area contributed by atoms with Crippen LogP contribution in [-0.2, 0) is 0 Å². The largest absolute Gasteiger partial charge is 0.478 e. The van der Waals surface area contributed by atoms with E-state index in [2.05, 4.69) is 4.98 Å². The molecular weight excluding hydrogens is 234 g/mol. The van der Waals surface area contributed by atoms with Crippen LogP contribution in [0, 0.1) is 0 Å². The van der Waals surface area contributed by atoms with Gasteiger partial charge in [-0.3, -0.25) is 0 Å². The lowest BCUT2D eigenvalue weighted by atomic mass is 10.0. The van der Waals surface area contributed by atoms with E-state index in [9.17, 15) is 9.59 Å². The molecule has 1 aromatic carbocycles. The van der Waals surface area contributed by atoms with Gasteiger partial charge in [0, 0.05) is 11.8 Å². The first kappa shape index (κ1) is 11.8. The van der Waals surface area contributed by atoms with Gasteiger partial charge in [-0.2, -0.15) is 0 Å². The lowest BCUT2D eigenvalue weighted by Gasteiger charge is -2.05. The highest BCUT2D eigenvalue weighted by molar-refractivity contribution is 5.95. The number of carboxylic acid groups (broad SMARTS) is 2. The smallest absolute Gasteiger partial charge is 0.355 e. The van der Waals surface area contributed by atoms with Crippen molar-refractivity contribution < 1.29 is 19.8 Å². The van der Waals surface area contributed by atoms with Gasteiger partial charge in [0.25, 0.3) is 0 Å². The van der Waals surface area contributed by atoms with Crippen LogP contribution < -0.4 is 0 Å². The van der Waals surface area contributed by atoms with Gasteiger partial charge in [0.1, 0.15) is 0 Å². The number of benzene rings is 1. The average Bonchev–Trinajstić information content (AvgIpc) is 2.39. The van der Waals surface area contributed by atoms with E-state index in [1.54, 1.807) is 24.3 Å². The molecule has 0 spiro atoms. The molecule has 0 atom stereocenters. The van der Waals surface area contributed by atoms with Crippen LogP contribution >= 0.6 is 0 Å². The van der Waals surface area contributed by atoms with Crippen LogP contribution in [0.5, 0.6) is 0 Å². The Bertz CT molecular complexity index is 622. The van der Waals surface area contributed by atoms with Crippen molar-refractivity contribution >= 4 is 11.9 Å². The molecule has 0 bridgehead atoms. The summed E-state index contributed by atoms with van der Waals surface area (Å²) in [5.41, 5.74) is 0.918. The molecule has 0 amide bonds. The second-order valence-electron chi connectivity index (χ2n) is 3.59. The Morgan fingerprint density at radius 2 is 1.78 bits per heavy atom. The molecule has 1 aromatic heterocycles. The predicted molar refractivity (Wildman–Crippen MR) is 63.6 cm³/mol. The molecule has 0 radical (unpaired) electrons. The summed E-state index contributed by atoms with van der Waals surface area (Å²) in [6, 6.07) is 9.29. The fraction of sp³-hybridized carbons (Fsp3) is 0. The van der Waals surface area contributed by atoms with E-state index in [4.69, 9.17) is 10.2 Å². The molecule has 0 aliphatic carbocycles. The minimum absolute atomic E-state index is 0.0972. The molecule has 2 rings (SSSR count). The van der Waals surface area contributed by atoms with Crippen LogP contribution in [-0.4, -0.2) is 27.1 Å². The molecule has 0 aliphatic rings. The Hall–Kier alpha value is -2.69. The van der Waals surface area contributed by atoms with Gasteiger partial charge in [0.2, 0.25) is 0 Å². The highest BCUT2D eigenvalue weighted by atomic mass is 16.4. The highest BCUT2D eigenvalue weighted by Crippen LogP contribution is 2.23. The molecule has 18 heavy (non-hydrogen) atoms. The van der Waals surface area contributed by atoms with Crippen LogP contribution in [0.3, 0.4) is 0 Å². The van der Waals surface area contributed by atoms with Crippen LogP contribution in [0.1, 0.15) is 20.8 Å². The second kappa shape index (κ2) is 4.67. The monoisotopic (exact) mass is 243 g/mol. The first-order chi connectivity index (χ1) is 8.59. The second-order valence-corrected chi connectivity index (χ2v) is 3.59. The maximum atomic E-state index is 11.0. The summed E-state index contributed by atoms with van der Waals surface area (Å²) in [7, 11) is 0. The van der Waals surface area contributed by atoms with Gasteiger partial charge in [-0.05, 0) is 23.8 Å². The first-order valence-corrected chi connectivity index (χ1v) is 5.11. The van der Waals surface area contributed by atoms with Gasteiger partial charge in [-0.25, -0.2) is 14.6 Å². The van der Waals surface area contributed by atoms with Crippen molar-refractivity contribution in [1.29, 1.82) is 0 Å². The Morgan fingerprint density at radius 1 is 1.00 bits per heavy atom. The summed E-state index contributed by atoms with van der Waals surface area (Å²) >= 11 is 0. The van der Waals surface area contributed by atoms with Gasteiger partial charge in [0.05, 0.1) is 5.56 Å². The van der Waals surface area contributed by atoms with Gasteiger partial charge < -0.3 is 10.2 Å². The van der Waals surface area contributed by atoms with Gasteiger partial charge >= 0.3 is 11.9 Å². The highest BCUT2D eigenvalue weighted by Gasteiger charge is 2.13. The van der Waals surface area contributed by atoms with E-state index < -0.39 is 11.9 Å². The Labute approximate surface area is 102 Å². The lowest BCUT2D eigenvalue weighted by molar-refractivity contribution is 0.0684. The normalized spacial score (nSPS) is 10.0. The Balaban J connectivity index is 2.58. The quantitative estimate of drug-likeness (QED) is 0.862. The van der Waals surface area contributed by atoms with Crippen molar-refractivity contribution in [2.45, 2.75) is 0 Å². The van der Waals surface area contributed by atoms with Gasteiger partial charge in [-0.15, -0.1) is 0 Å². The number of carbonyl (C=O) groups is 2. The fourth-order valence-electron chi connectivity index (χ4n) is 1.63. The zero-order valence-electron chi connectivity index (χ0n) is 9.20. The minimum Gasteiger partial charge on any atom is -0.478 e. The maximum Gasteiger partial charge on any atom is 0.355 e. The van der Waals surface area contributed by atoms with E-state index >= 15 is 0 Å². The average molecular weight is 243 g/mol. The molecule has 2 N–H and O–H groups in total. The molecule has 5 heteroatoms. The van der Waals surface area contributed by atoms with Crippen LogP contribution in [0.25, 0.3) is 11.1 Å². The Morgan fingerprint density at radius 3 is 2.44 bits per heavy atom. The third-order valence-electron chi connectivity index (χ3n) is 2.43. The number of carboxylic acids is 2. The van der Waals surface area contributed by atoms with E-state index in [-0.39, 0.29) is 11.3 Å². The summed E-state index contributed by atoms with van der Waals surface area (Å²) < 4.78 is 0. The van der Waals surface area contributed by atoms with E-state index in [1.807, 2.05) is 0 Å². The number of pyridine rings is 1. The summed E-state index contributed by atoms with van der Waals surface area (Å²) in [6.07, 6.45) is 1.38. The third kappa shape index (κ3) is 2.20. The maximum absolute atomic E-state index is 11.0. The molecular formula is C13H9NO4. The van der Waals surface area contributed by atoms with Crippen molar-refractivity contribution in [3.05, 3.63) is 53.9 Å². The van der Waals surface area contributed by atoms with Crippen molar-refractivity contribution in [2.24, 2.45) is 0 Å². The number of rotatable bonds is 3. The fourth-order valence-corrected chi connectivity index (χ4v) is 1.63. The van der Waals surface area contributed by atoms with Crippen molar-refractivity contribution in [1.82, 2.24) is 4.98 Å². The molecule has 2 aromatic rings. The summed E-state index contributed by atoms with van der Waals surface area (Å²) in [5, 5.41) is 17.9. The molecule has 1 heterocycles. The molecule has 5 nitrogen and oxygen atoms in total. The number of nitrogens with zero attached hydrogens (tertiary/aromatic N) is 1. The zero-order valence-corrected chi connectivity index (χ0v) is 9.20. The van der Waals surface area contributed by atoms with E-state index in [0.29, 0.717) is 11.1 Å². The number of aromatic nitrogens is 1. The molecule has 0 unspecified atom stereocenters.